The van der Waals surface area contributed by atoms with Gasteiger partial charge in [-0.05, 0) is 43.1 Å². The predicted octanol–water partition coefficient (Wildman–Crippen LogP) is 6.04. The first-order chi connectivity index (χ1) is 11.6. The van der Waals surface area contributed by atoms with Crippen LogP contribution < -0.4 is 0 Å². The molecule has 0 bridgehead atoms. The molecule has 0 spiro atoms. The van der Waals surface area contributed by atoms with Gasteiger partial charge < -0.3 is 13.7 Å². The van der Waals surface area contributed by atoms with E-state index in [1.165, 1.54) is 0 Å². The molecule has 1 aliphatic rings. The van der Waals surface area contributed by atoms with E-state index in [4.69, 9.17) is 32.4 Å². The molecule has 3 heterocycles. The Bertz CT molecular complexity index is 770. The lowest BCUT2D eigenvalue weighted by atomic mass is 10.2. The van der Waals surface area contributed by atoms with Crippen molar-refractivity contribution in [3.05, 3.63) is 28.6 Å². The smallest absolute Gasteiger partial charge is 0.192 e. The van der Waals surface area contributed by atoms with Crippen molar-refractivity contribution in [3.8, 4) is 0 Å². The van der Waals surface area contributed by atoms with Crippen LogP contribution in [0.5, 0.6) is 0 Å². The molecule has 2 unspecified atom stereocenters. The second kappa shape index (κ2) is 6.85. The molecule has 138 valence electrons. The van der Waals surface area contributed by atoms with Crippen molar-refractivity contribution in [1.29, 1.82) is 0 Å². The van der Waals surface area contributed by atoms with Crippen LogP contribution in [0.25, 0.3) is 10.9 Å². The van der Waals surface area contributed by atoms with Gasteiger partial charge in [0.25, 0.3) is 0 Å². The molecule has 0 aliphatic carbocycles. The maximum absolute atomic E-state index is 6.32. The second-order valence-corrected chi connectivity index (χ2v) is 13.8. The van der Waals surface area contributed by atoms with Gasteiger partial charge in [-0.1, -0.05) is 44.0 Å². The number of pyridine rings is 1. The van der Waals surface area contributed by atoms with E-state index in [0.717, 1.165) is 23.7 Å². The van der Waals surface area contributed by atoms with E-state index in [-0.39, 0.29) is 17.4 Å². The highest BCUT2D eigenvalue weighted by Crippen LogP contribution is 2.38. The summed E-state index contributed by atoms with van der Waals surface area (Å²) in [5, 5.41) is 1.93. The quantitative estimate of drug-likeness (QED) is 0.463. The molecular weight excluding hydrogens is 375 g/mol. The first kappa shape index (κ1) is 19.2. The summed E-state index contributed by atoms with van der Waals surface area (Å²) in [6.07, 6.45) is 4.05. The number of aromatic nitrogens is 2. The fourth-order valence-corrected chi connectivity index (χ4v) is 4.39. The molecule has 25 heavy (non-hydrogen) atoms. The van der Waals surface area contributed by atoms with Gasteiger partial charge in [-0.15, -0.1) is 0 Å². The van der Waals surface area contributed by atoms with Crippen LogP contribution in [0.4, 0.5) is 0 Å². The molecule has 1 fully saturated rings. The number of halogens is 2. The number of fused-ring (bicyclic) bond motifs is 1. The summed E-state index contributed by atoms with van der Waals surface area (Å²) in [5.41, 5.74) is 0.959. The molecule has 2 aromatic heterocycles. The van der Waals surface area contributed by atoms with E-state index in [0.29, 0.717) is 16.9 Å². The Balaban J connectivity index is 1.70. The van der Waals surface area contributed by atoms with Crippen molar-refractivity contribution in [3.63, 3.8) is 0 Å². The van der Waals surface area contributed by atoms with Crippen LogP contribution >= 0.6 is 23.2 Å². The normalized spacial score (nSPS) is 22.0. The number of nitrogens with zero attached hydrogens (tertiary/aromatic N) is 2. The topological polar surface area (TPSA) is 36.3 Å². The maximum Gasteiger partial charge on any atom is 0.192 e. The van der Waals surface area contributed by atoms with Crippen LogP contribution in [-0.2, 0) is 9.16 Å². The Hall–Kier alpha value is -0.593. The van der Waals surface area contributed by atoms with Gasteiger partial charge in [0.1, 0.15) is 16.5 Å². The van der Waals surface area contributed by atoms with Gasteiger partial charge in [0.15, 0.2) is 8.32 Å². The summed E-state index contributed by atoms with van der Waals surface area (Å²) in [4.78, 5) is 4.10. The zero-order valence-electron chi connectivity index (χ0n) is 15.5. The summed E-state index contributed by atoms with van der Waals surface area (Å²) in [7, 11) is -1.75. The lowest BCUT2D eigenvalue weighted by Gasteiger charge is -2.36. The standard InChI is InChI=1S/C18H26Cl2N2O2Si/c1-18(2,3)25(4,5)23-11-12-6-7-16(24-12)22-9-8-13-14(22)10-15(19)21-17(13)20/h8-10,12,16H,6-7,11H2,1-5H3. The Labute approximate surface area is 160 Å². The third kappa shape index (κ3) is 3.91. The number of hydrogen-bond donors (Lipinski definition) is 0. The summed E-state index contributed by atoms with van der Waals surface area (Å²) >= 11 is 12.3. The Kier molecular flexibility index (Phi) is 5.26. The van der Waals surface area contributed by atoms with Gasteiger partial charge in [-0.2, -0.15) is 0 Å². The van der Waals surface area contributed by atoms with Crippen LogP contribution in [0.15, 0.2) is 18.3 Å². The van der Waals surface area contributed by atoms with Crippen molar-refractivity contribution in [1.82, 2.24) is 9.55 Å². The second-order valence-electron chi connectivity index (χ2n) is 8.25. The van der Waals surface area contributed by atoms with E-state index in [9.17, 15) is 0 Å². The molecule has 2 aromatic rings. The minimum atomic E-state index is -1.75. The molecule has 0 aromatic carbocycles. The zero-order valence-corrected chi connectivity index (χ0v) is 18.0. The van der Waals surface area contributed by atoms with Crippen molar-refractivity contribution in [2.75, 3.05) is 6.61 Å². The van der Waals surface area contributed by atoms with Crippen LogP contribution in [-0.4, -0.2) is 30.6 Å². The summed E-state index contributed by atoms with van der Waals surface area (Å²) < 4.78 is 14.7. The molecule has 0 amide bonds. The van der Waals surface area contributed by atoms with Crippen molar-refractivity contribution in [2.24, 2.45) is 0 Å². The van der Waals surface area contributed by atoms with Crippen LogP contribution in [0.3, 0.4) is 0 Å². The van der Waals surface area contributed by atoms with E-state index in [1.807, 2.05) is 18.3 Å². The highest BCUT2D eigenvalue weighted by molar-refractivity contribution is 6.74. The first-order valence-corrected chi connectivity index (χ1v) is 12.4. The molecule has 1 saturated heterocycles. The van der Waals surface area contributed by atoms with Crippen molar-refractivity contribution >= 4 is 42.4 Å². The molecule has 4 nitrogen and oxygen atoms in total. The summed E-state index contributed by atoms with van der Waals surface area (Å²) in [6, 6.07) is 3.80. The minimum Gasteiger partial charge on any atom is -0.414 e. The molecule has 2 atom stereocenters. The Morgan fingerprint density at radius 1 is 1.32 bits per heavy atom. The van der Waals surface area contributed by atoms with Gasteiger partial charge in [0, 0.05) is 11.6 Å². The molecule has 0 N–H and O–H groups in total. The average molecular weight is 401 g/mol. The van der Waals surface area contributed by atoms with Gasteiger partial charge in [-0.3, -0.25) is 0 Å². The number of hydrogen-bond acceptors (Lipinski definition) is 3. The highest BCUT2D eigenvalue weighted by Gasteiger charge is 2.38. The number of ether oxygens (including phenoxy) is 1. The zero-order chi connectivity index (χ0) is 18.4. The fourth-order valence-electron chi connectivity index (χ4n) is 2.87. The van der Waals surface area contributed by atoms with Gasteiger partial charge in [-0.25, -0.2) is 4.98 Å². The molecule has 7 heteroatoms. The van der Waals surface area contributed by atoms with Gasteiger partial charge in [0.05, 0.1) is 18.2 Å². The SMILES string of the molecule is CC(C)(C)[Si](C)(C)OCC1CCC(n2ccc3c(Cl)nc(Cl)cc32)O1. The van der Waals surface area contributed by atoms with Crippen molar-refractivity contribution in [2.45, 2.75) is 64.1 Å². The maximum atomic E-state index is 6.32. The molecular formula is C18H26Cl2N2O2Si. The van der Waals surface area contributed by atoms with E-state index < -0.39 is 8.32 Å². The minimum absolute atomic E-state index is 0.0138. The average Bonchev–Trinajstić information content (AvgIpc) is 3.10. The predicted molar refractivity (Wildman–Crippen MR) is 106 cm³/mol. The fraction of sp³-hybridized carbons (Fsp3) is 0.611. The molecule has 0 radical (unpaired) electrons. The van der Waals surface area contributed by atoms with E-state index in [2.05, 4.69) is 43.4 Å². The summed E-state index contributed by atoms with van der Waals surface area (Å²) in [5.74, 6) is 0. The van der Waals surface area contributed by atoms with Gasteiger partial charge >= 0.3 is 0 Å². The lowest BCUT2D eigenvalue weighted by Crippen LogP contribution is -2.42. The van der Waals surface area contributed by atoms with E-state index >= 15 is 0 Å². The van der Waals surface area contributed by atoms with E-state index in [1.54, 1.807) is 0 Å². The Morgan fingerprint density at radius 3 is 2.72 bits per heavy atom. The summed E-state index contributed by atoms with van der Waals surface area (Å²) in [6.45, 7) is 12.0. The molecule has 1 aliphatic heterocycles. The van der Waals surface area contributed by atoms with Gasteiger partial charge in [0.2, 0.25) is 0 Å². The molecule has 0 saturated carbocycles. The van der Waals surface area contributed by atoms with Crippen LogP contribution in [0.2, 0.25) is 28.4 Å². The molecule has 3 rings (SSSR count). The first-order valence-electron chi connectivity index (χ1n) is 8.70. The third-order valence-electron chi connectivity index (χ3n) is 5.47. The lowest BCUT2D eigenvalue weighted by molar-refractivity contribution is -0.0177. The Morgan fingerprint density at radius 2 is 2.04 bits per heavy atom. The number of rotatable bonds is 4. The largest absolute Gasteiger partial charge is 0.414 e. The van der Waals surface area contributed by atoms with Crippen LogP contribution in [0, 0.1) is 0 Å². The highest BCUT2D eigenvalue weighted by atomic mass is 35.5. The van der Waals surface area contributed by atoms with Crippen molar-refractivity contribution < 1.29 is 9.16 Å². The van der Waals surface area contributed by atoms with Crippen LogP contribution in [0.1, 0.15) is 39.8 Å². The monoisotopic (exact) mass is 400 g/mol. The third-order valence-corrected chi connectivity index (χ3v) is 10.5.